The minimum atomic E-state index is 0.486. The van der Waals surface area contributed by atoms with Gasteiger partial charge in [-0.15, -0.1) is 0 Å². The molecule has 2 aromatic carbocycles. The molecule has 0 atom stereocenters. The molecule has 0 amide bonds. The first-order valence-corrected chi connectivity index (χ1v) is 7.03. The van der Waals surface area contributed by atoms with Crippen LogP contribution >= 0.6 is 23.2 Å². The van der Waals surface area contributed by atoms with Gasteiger partial charge in [-0.25, -0.2) is 4.98 Å². The standard InChI is InChI=1S/C15H12Cl2N2O/c1-2-18-10-4-6-14-13(8-10)19-15(20-14)9-3-5-11(16)12(17)7-9/h3-8,18H,2H2,1H3. The Morgan fingerprint density at radius 1 is 1.10 bits per heavy atom. The van der Waals surface area contributed by atoms with Crippen LogP contribution in [-0.2, 0) is 0 Å². The van der Waals surface area contributed by atoms with Gasteiger partial charge in [0.25, 0.3) is 0 Å². The molecule has 1 N–H and O–H groups in total. The van der Waals surface area contributed by atoms with Crippen molar-refractivity contribution in [3.8, 4) is 11.5 Å². The lowest BCUT2D eigenvalue weighted by Gasteiger charge is -2.00. The Morgan fingerprint density at radius 2 is 1.95 bits per heavy atom. The summed E-state index contributed by atoms with van der Waals surface area (Å²) in [5.74, 6) is 0.534. The van der Waals surface area contributed by atoms with E-state index in [1.165, 1.54) is 0 Å². The molecule has 0 aliphatic heterocycles. The Morgan fingerprint density at radius 3 is 2.70 bits per heavy atom. The molecule has 1 aromatic heterocycles. The molecule has 3 rings (SSSR count). The van der Waals surface area contributed by atoms with Gasteiger partial charge in [-0.3, -0.25) is 0 Å². The van der Waals surface area contributed by atoms with Crippen molar-refractivity contribution < 1.29 is 4.42 Å². The minimum absolute atomic E-state index is 0.486. The van der Waals surface area contributed by atoms with E-state index in [0.29, 0.717) is 15.9 Å². The predicted molar refractivity (Wildman–Crippen MR) is 83.6 cm³/mol. The zero-order valence-electron chi connectivity index (χ0n) is 10.8. The Labute approximate surface area is 126 Å². The molecule has 1 heterocycles. The van der Waals surface area contributed by atoms with Crippen LogP contribution in [0.25, 0.3) is 22.6 Å². The number of anilines is 1. The van der Waals surface area contributed by atoms with Gasteiger partial charge in [-0.1, -0.05) is 23.2 Å². The van der Waals surface area contributed by atoms with Crippen LogP contribution in [0.1, 0.15) is 6.92 Å². The van der Waals surface area contributed by atoms with Gasteiger partial charge in [0.05, 0.1) is 10.0 Å². The van der Waals surface area contributed by atoms with Crippen LogP contribution in [0.2, 0.25) is 10.0 Å². The van der Waals surface area contributed by atoms with Gasteiger partial charge >= 0.3 is 0 Å². The summed E-state index contributed by atoms with van der Waals surface area (Å²) in [6.07, 6.45) is 0. The normalized spacial score (nSPS) is 10.9. The Bertz CT molecular complexity index is 768. The lowest BCUT2D eigenvalue weighted by atomic mass is 10.2. The van der Waals surface area contributed by atoms with Gasteiger partial charge in [-0.2, -0.15) is 0 Å². The second-order valence-electron chi connectivity index (χ2n) is 4.36. The van der Waals surface area contributed by atoms with Crippen molar-refractivity contribution in [1.29, 1.82) is 0 Å². The Hall–Kier alpha value is -1.71. The van der Waals surface area contributed by atoms with E-state index in [-0.39, 0.29) is 0 Å². The number of hydrogen-bond acceptors (Lipinski definition) is 3. The molecule has 0 unspecified atom stereocenters. The minimum Gasteiger partial charge on any atom is -0.436 e. The van der Waals surface area contributed by atoms with E-state index in [1.807, 2.05) is 31.2 Å². The summed E-state index contributed by atoms with van der Waals surface area (Å²) in [5, 5.41) is 4.25. The van der Waals surface area contributed by atoms with E-state index in [9.17, 15) is 0 Å². The Balaban J connectivity index is 2.05. The number of nitrogens with zero attached hydrogens (tertiary/aromatic N) is 1. The maximum atomic E-state index is 6.02. The van der Waals surface area contributed by atoms with Crippen molar-refractivity contribution >= 4 is 40.0 Å². The summed E-state index contributed by atoms with van der Waals surface area (Å²) in [7, 11) is 0. The number of rotatable bonds is 3. The van der Waals surface area contributed by atoms with Crippen LogP contribution < -0.4 is 5.32 Å². The highest BCUT2D eigenvalue weighted by atomic mass is 35.5. The number of hydrogen-bond donors (Lipinski definition) is 1. The van der Waals surface area contributed by atoms with Crippen molar-refractivity contribution in [2.24, 2.45) is 0 Å². The molecule has 0 spiro atoms. The second-order valence-corrected chi connectivity index (χ2v) is 5.18. The van der Waals surface area contributed by atoms with Crippen LogP contribution in [0, 0.1) is 0 Å². The van der Waals surface area contributed by atoms with E-state index < -0.39 is 0 Å². The summed E-state index contributed by atoms with van der Waals surface area (Å²) >= 11 is 11.9. The van der Waals surface area contributed by atoms with Gasteiger partial charge in [0, 0.05) is 17.8 Å². The average Bonchev–Trinajstić information content (AvgIpc) is 2.85. The SMILES string of the molecule is CCNc1ccc2oc(-c3ccc(Cl)c(Cl)c3)nc2c1. The summed E-state index contributed by atoms with van der Waals surface area (Å²) in [6.45, 7) is 2.91. The molecule has 0 bridgehead atoms. The molecular weight excluding hydrogens is 295 g/mol. The zero-order chi connectivity index (χ0) is 14.1. The third kappa shape index (κ3) is 2.47. The molecule has 0 fully saturated rings. The van der Waals surface area contributed by atoms with Crippen LogP contribution in [0.5, 0.6) is 0 Å². The van der Waals surface area contributed by atoms with Gasteiger partial charge < -0.3 is 9.73 Å². The maximum absolute atomic E-state index is 6.02. The van der Waals surface area contributed by atoms with Crippen molar-refractivity contribution in [3.05, 3.63) is 46.4 Å². The smallest absolute Gasteiger partial charge is 0.227 e. The maximum Gasteiger partial charge on any atom is 0.227 e. The fourth-order valence-electron chi connectivity index (χ4n) is 1.99. The van der Waals surface area contributed by atoms with E-state index >= 15 is 0 Å². The van der Waals surface area contributed by atoms with E-state index in [2.05, 4.69) is 10.3 Å². The van der Waals surface area contributed by atoms with Crippen LogP contribution in [0.4, 0.5) is 5.69 Å². The number of halogens is 2. The number of oxazole rings is 1. The largest absolute Gasteiger partial charge is 0.436 e. The number of aromatic nitrogens is 1. The Kier molecular flexibility index (Phi) is 3.55. The van der Waals surface area contributed by atoms with E-state index in [0.717, 1.165) is 28.9 Å². The number of benzene rings is 2. The predicted octanol–water partition coefficient (Wildman–Crippen LogP) is 5.23. The van der Waals surface area contributed by atoms with Crippen molar-refractivity contribution in [2.45, 2.75) is 6.92 Å². The molecule has 0 saturated heterocycles. The fourth-order valence-corrected chi connectivity index (χ4v) is 2.29. The summed E-state index contributed by atoms with van der Waals surface area (Å²) in [6, 6.07) is 11.2. The quantitative estimate of drug-likeness (QED) is 0.719. The fraction of sp³-hybridized carbons (Fsp3) is 0.133. The van der Waals surface area contributed by atoms with Crippen molar-refractivity contribution in [1.82, 2.24) is 4.98 Å². The summed E-state index contributed by atoms with van der Waals surface area (Å²) in [5.41, 5.74) is 3.38. The van der Waals surface area contributed by atoms with Gasteiger partial charge in [0.2, 0.25) is 5.89 Å². The highest BCUT2D eigenvalue weighted by molar-refractivity contribution is 6.42. The molecule has 3 aromatic rings. The highest BCUT2D eigenvalue weighted by Crippen LogP contribution is 2.30. The van der Waals surface area contributed by atoms with Gasteiger partial charge in [-0.05, 0) is 43.3 Å². The first-order chi connectivity index (χ1) is 9.67. The van der Waals surface area contributed by atoms with Crippen molar-refractivity contribution in [3.63, 3.8) is 0 Å². The second kappa shape index (κ2) is 5.35. The third-order valence-corrected chi connectivity index (χ3v) is 3.67. The van der Waals surface area contributed by atoms with E-state index in [4.69, 9.17) is 27.6 Å². The van der Waals surface area contributed by atoms with E-state index in [1.54, 1.807) is 12.1 Å². The molecule has 0 radical (unpaired) electrons. The molecule has 3 nitrogen and oxygen atoms in total. The zero-order valence-corrected chi connectivity index (χ0v) is 12.3. The molecule has 102 valence electrons. The van der Waals surface area contributed by atoms with Crippen LogP contribution in [0.3, 0.4) is 0 Å². The molecular formula is C15H12Cl2N2O. The first-order valence-electron chi connectivity index (χ1n) is 6.27. The summed E-state index contributed by atoms with van der Waals surface area (Å²) < 4.78 is 5.74. The first kappa shape index (κ1) is 13.3. The molecule has 5 heteroatoms. The lowest BCUT2D eigenvalue weighted by Crippen LogP contribution is -1.95. The summed E-state index contributed by atoms with van der Waals surface area (Å²) in [4.78, 5) is 4.49. The molecule has 0 aliphatic rings. The van der Waals surface area contributed by atoms with Gasteiger partial charge in [0.15, 0.2) is 5.58 Å². The van der Waals surface area contributed by atoms with Crippen LogP contribution in [0.15, 0.2) is 40.8 Å². The molecule has 0 saturated carbocycles. The van der Waals surface area contributed by atoms with Gasteiger partial charge in [0.1, 0.15) is 5.52 Å². The highest BCUT2D eigenvalue weighted by Gasteiger charge is 2.10. The van der Waals surface area contributed by atoms with Crippen molar-refractivity contribution in [2.75, 3.05) is 11.9 Å². The number of nitrogens with one attached hydrogen (secondary N) is 1. The molecule has 20 heavy (non-hydrogen) atoms. The van der Waals surface area contributed by atoms with Crippen LogP contribution in [-0.4, -0.2) is 11.5 Å². The number of fused-ring (bicyclic) bond motifs is 1. The lowest BCUT2D eigenvalue weighted by molar-refractivity contribution is 0.620. The third-order valence-electron chi connectivity index (χ3n) is 2.94. The monoisotopic (exact) mass is 306 g/mol. The topological polar surface area (TPSA) is 38.1 Å². The average molecular weight is 307 g/mol. The molecule has 0 aliphatic carbocycles.